The zero-order valence-corrected chi connectivity index (χ0v) is 20.0. The van der Waals surface area contributed by atoms with Gasteiger partial charge in [-0.1, -0.05) is 60.3 Å². The number of piperazine rings is 1. The molecule has 0 atom stereocenters. The zero-order chi connectivity index (χ0) is 23.3. The summed E-state index contributed by atoms with van der Waals surface area (Å²) in [6, 6.07) is 17.3. The molecule has 1 aliphatic rings. The van der Waals surface area contributed by atoms with Crippen molar-refractivity contribution in [2.75, 3.05) is 31.9 Å². The van der Waals surface area contributed by atoms with Crippen LogP contribution >= 0.6 is 11.8 Å². The molecule has 0 aliphatic carbocycles. The van der Waals surface area contributed by atoms with E-state index in [0.29, 0.717) is 13.1 Å². The number of rotatable bonds is 7. The van der Waals surface area contributed by atoms with E-state index in [2.05, 4.69) is 4.98 Å². The van der Waals surface area contributed by atoms with Gasteiger partial charge in [-0.3, -0.25) is 9.36 Å². The molecule has 172 valence electrons. The number of benzene rings is 2. The van der Waals surface area contributed by atoms with Gasteiger partial charge in [-0.15, -0.1) is 0 Å². The summed E-state index contributed by atoms with van der Waals surface area (Å²) in [5.74, 6) is 0.236. The van der Waals surface area contributed by atoms with Gasteiger partial charge in [0.1, 0.15) is 0 Å². The van der Waals surface area contributed by atoms with E-state index in [1.54, 1.807) is 17.2 Å². The summed E-state index contributed by atoms with van der Waals surface area (Å²) in [5.41, 5.74) is 2.99. The lowest BCUT2D eigenvalue weighted by Crippen LogP contribution is -2.50. The number of hydrogen-bond donors (Lipinski definition) is 0. The lowest BCUT2D eigenvalue weighted by Gasteiger charge is -2.33. The number of hydrogen-bond acceptors (Lipinski definition) is 5. The summed E-state index contributed by atoms with van der Waals surface area (Å²) in [7, 11) is -3.52. The second kappa shape index (κ2) is 10.4. The molecule has 33 heavy (non-hydrogen) atoms. The molecule has 9 heteroatoms. The molecule has 3 aromatic rings. The van der Waals surface area contributed by atoms with Gasteiger partial charge in [-0.25, -0.2) is 13.4 Å². The lowest BCUT2D eigenvalue weighted by molar-refractivity contribution is -0.129. The largest absolute Gasteiger partial charge is 0.339 e. The van der Waals surface area contributed by atoms with Gasteiger partial charge in [0.25, 0.3) is 0 Å². The van der Waals surface area contributed by atoms with Crippen LogP contribution in [0.2, 0.25) is 0 Å². The number of aryl methyl sites for hydroxylation is 1. The number of nitrogens with zero attached hydrogens (tertiary/aromatic N) is 4. The third-order valence-corrected chi connectivity index (χ3v) is 8.01. The maximum atomic E-state index is 12.8. The lowest BCUT2D eigenvalue weighted by atomic mass is 10.2. The standard InChI is InChI=1S/C24H26N4O3S2/c1-20-7-5-6-10-22(20)28-13-12-25-24(28)32-19-23(29)26-14-16-27(17-15-26)33(30,31)18-11-21-8-3-2-4-9-21/h2-13,18H,14-17,19H2,1H3/b18-11+. The van der Waals surface area contributed by atoms with Gasteiger partial charge in [-0.05, 0) is 30.2 Å². The molecule has 1 saturated heterocycles. The number of para-hydroxylation sites is 1. The number of imidazole rings is 1. The highest BCUT2D eigenvalue weighted by atomic mass is 32.2. The van der Waals surface area contributed by atoms with Crippen molar-refractivity contribution in [3.63, 3.8) is 0 Å². The van der Waals surface area contributed by atoms with Crippen molar-refractivity contribution < 1.29 is 13.2 Å². The number of aromatic nitrogens is 2. The molecule has 1 aliphatic heterocycles. The van der Waals surface area contributed by atoms with Gasteiger partial charge >= 0.3 is 0 Å². The minimum Gasteiger partial charge on any atom is -0.339 e. The van der Waals surface area contributed by atoms with Crippen molar-refractivity contribution in [2.24, 2.45) is 0 Å². The topological polar surface area (TPSA) is 75.5 Å². The third kappa shape index (κ3) is 5.73. The minimum atomic E-state index is -3.52. The summed E-state index contributed by atoms with van der Waals surface area (Å²) in [6.45, 7) is 3.37. The summed E-state index contributed by atoms with van der Waals surface area (Å²) in [4.78, 5) is 18.9. The first kappa shape index (κ1) is 23.3. The Labute approximate surface area is 198 Å². The SMILES string of the molecule is Cc1ccccc1-n1ccnc1SCC(=O)N1CCN(S(=O)(=O)/C=C/c2ccccc2)CC1. The molecule has 0 bridgehead atoms. The zero-order valence-electron chi connectivity index (χ0n) is 18.4. The van der Waals surface area contributed by atoms with E-state index in [1.807, 2.05) is 72.3 Å². The summed E-state index contributed by atoms with van der Waals surface area (Å²) < 4.78 is 28.7. The van der Waals surface area contributed by atoms with Crippen LogP contribution in [0.4, 0.5) is 0 Å². The van der Waals surface area contributed by atoms with E-state index >= 15 is 0 Å². The summed E-state index contributed by atoms with van der Waals surface area (Å²) >= 11 is 1.39. The van der Waals surface area contributed by atoms with Crippen LogP contribution in [0.1, 0.15) is 11.1 Å². The van der Waals surface area contributed by atoms with Gasteiger partial charge in [0.15, 0.2) is 5.16 Å². The van der Waals surface area contributed by atoms with Crippen molar-refractivity contribution >= 4 is 33.8 Å². The van der Waals surface area contributed by atoms with Crippen molar-refractivity contribution in [3.05, 3.63) is 83.5 Å². The van der Waals surface area contributed by atoms with Crippen LogP contribution in [0.25, 0.3) is 11.8 Å². The molecule has 0 saturated carbocycles. The van der Waals surface area contributed by atoms with E-state index in [-0.39, 0.29) is 24.7 Å². The van der Waals surface area contributed by atoms with E-state index in [1.165, 1.54) is 21.5 Å². The number of carbonyl (C=O) groups is 1. The molecule has 2 heterocycles. The van der Waals surface area contributed by atoms with Crippen LogP contribution in [0, 0.1) is 6.92 Å². The first-order valence-corrected chi connectivity index (χ1v) is 13.2. The van der Waals surface area contributed by atoms with Gasteiger partial charge in [-0.2, -0.15) is 4.31 Å². The number of amides is 1. The van der Waals surface area contributed by atoms with Crippen LogP contribution < -0.4 is 0 Å². The Morgan fingerprint density at radius 3 is 2.45 bits per heavy atom. The molecular formula is C24H26N4O3S2. The summed E-state index contributed by atoms with van der Waals surface area (Å²) in [6.07, 6.45) is 5.22. The van der Waals surface area contributed by atoms with Crippen molar-refractivity contribution in [1.82, 2.24) is 18.8 Å². The van der Waals surface area contributed by atoms with Gasteiger partial charge in [0, 0.05) is 44.0 Å². The van der Waals surface area contributed by atoms with Crippen molar-refractivity contribution in [2.45, 2.75) is 12.1 Å². The predicted octanol–water partition coefficient (Wildman–Crippen LogP) is 3.42. The smallest absolute Gasteiger partial charge is 0.236 e. The van der Waals surface area contributed by atoms with Crippen molar-refractivity contribution in [1.29, 1.82) is 0 Å². The average molecular weight is 483 g/mol. The molecule has 0 spiro atoms. The molecule has 1 aromatic heterocycles. The van der Waals surface area contributed by atoms with E-state index in [9.17, 15) is 13.2 Å². The molecule has 1 amide bonds. The quantitative estimate of drug-likeness (QED) is 0.483. The Hall–Kier alpha value is -2.88. The van der Waals surface area contributed by atoms with Crippen LogP contribution in [-0.4, -0.2) is 65.0 Å². The molecular weight excluding hydrogens is 456 g/mol. The van der Waals surface area contributed by atoms with Crippen LogP contribution in [0.15, 0.2) is 77.6 Å². The Morgan fingerprint density at radius 1 is 1.03 bits per heavy atom. The fourth-order valence-electron chi connectivity index (χ4n) is 3.64. The maximum absolute atomic E-state index is 12.8. The highest BCUT2D eigenvalue weighted by Gasteiger charge is 2.27. The predicted molar refractivity (Wildman–Crippen MR) is 132 cm³/mol. The normalized spacial score (nSPS) is 15.2. The molecule has 4 rings (SSSR count). The monoisotopic (exact) mass is 482 g/mol. The van der Waals surface area contributed by atoms with Gasteiger partial charge < -0.3 is 4.90 Å². The van der Waals surface area contributed by atoms with Crippen LogP contribution in [0.3, 0.4) is 0 Å². The molecule has 2 aromatic carbocycles. The number of carbonyl (C=O) groups excluding carboxylic acids is 1. The van der Waals surface area contributed by atoms with Gasteiger partial charge in [0.2, 0.25) is 15.9 Å². The Kier molecular flexibility index (Phi) is 7.32. The number of thioether (sulfide) groups is 1. The Morgan fingerprint density at radius 2 is 1.73 bits per heavy atom. The highest BCUT2D eigenvalue weighted by molar-refractivity contribution is 7.99. The minimum absolute atomic E-state index is 0.0174. The van der Waals surface area contributed by atoms with Crippen LogP contribution in [-0.2, 0) is 14.8 Å². The first-order chi connectivity index (χ1) is 15.9. The molecule has 0 unspecified atom stereocenters. The third-order valence-electron chi connectivity index (χ3n) is 5.49. The summed E-state index contributed by atoms with van der Waals surface area (Å²) in [5, 5.41) is 1.99. The first-order valence-electron chi connectivity index (χ1n) is 10.7. The maximum Gasteiger partial charge on any atom is 0.236 e. The fourth-order valence-corrected chi connectivity index (χ4v) is 5.68. The van der Waals surface area contributed by atoms with E-state index < -0.39 is 10.0 Å². The Balaban J connectivity index is 1.31. The fraction of sp³-hybridized carbons (Fsp3) is 0.250. The molecule has 0 N–H and O–H groups in total. The highest BCUT2D eigenvalue weighted by Crippen LogP contribution is 2.23. The van der Waals surface area contributed by atoms with E-state index in [0.717, 1.165) is 22.0 Å². The van der Waals surface area contributed by atoms with Crippen LogP contribution in [0.5, 0.6) is 0 Å². The molecule has 0 radical (unpaired) electrons. The van der Waals surface area contributed by atoms with Crippen molar-refractivity contribution in [3.8, 4) is 5.69 Å². The second-order valence-electron chi connectivity index (χ2n) is 7.69. The second-order valence-corrected chi connectivity index (χ2v) is 10.5. The number of sulfonamides is 1. The molecule has 1 fully saturated rings. The van der Waals surface area contributed by atoms with Gasteiger partial charge in [0.05, 0.1) is 11.4 Å². The molecule has 7 nitrogen and oxygen atoms in total. The van der Waals surface area contributed by atoms with E-state index in [4.69, 9.17) is 0 Å². The average Bonchev–Trinajstić information content (AvgIpc) is 3.31. The Bertz CT molecular complexity index is 1230.